The van der Waals surface area contributed by atoms with Crippen molar-refractivity contribution in [3.8, 4) is 0 Å². The monoisotopic (exact) mass is 302 g/mol. The molecule has 0 fully saturated rings. The highest BCUT2D eigenvalue weighted by atomic mass is 32.2. The second-order valence-electron chi connectivity index (χ2n) is 3.83. The van der Waals surface area contributed by atoms with Crippen LogP contribution in [0.1, 0.15) is 11.1 Å². The molecule has 20 heavy (non-hydrogen) atoms. The van der Waals surface area contributed by atoms with Crippen LogP contribution in [0.15, 0.2) is 45.3 Å². The fourth-order valence-corrected chi connectivity index (χ4v) is 2.39. The highest BCUT2D eigenvalue weighted by molar-refractivity contribution is 7.99. The predicted octanol–water partition coefficient (Wildman–Crippen LogP) is 2.43. The number of aliphatic hydroxyl groups is 1. The van der Waals surface area contributed by atoms with Crippen LogP contribution in [0, 0.1) is 0 Å². The van der Waals surface area contributed by atoms with Crippen molar-refractivity contribution in [2.45, 2.75) is 22.8 Å². The third-order valence-electron chi connectivity index (χ3n) is 2.39. The zero-order valence-electron chi connectivity index (χ0n) is 9.94. The van der Waals surface area contributed by atoms with Crippen molar-refractivity contribution in [2.24, 2.45) is 0 Å². The number of nitrogens with one attached hydrogen (secondary N) is 1. The van der Waals surface area contributed by atoms with Crippen LogP contribution < -0.4 is 5.56 Å². The minimum Gasteiger partial charge on any atom is -0.392 e. The minimum absolute atomic E-state index is 0.0692. The maximum absolute atomic E-state index is 13.0. The van der Waals surface area contributed by atoms with Crippen molar-refractivity contribution >= 4 is 11.8 Å². The van der Waals surface area contributed by atoms with E-state index in [9.17, 15) is 18.0 Å². The lowest BCUT2D eigenvalue weighted by Crippen LogP contribution is -2.09. The third kappa shape index (κ3) is 3.40. The fraction of sp³-hybridized carbons (Fsp3) is 0.167. The van der Waals surface area contributed by atoms with Crippen molar-refractivity contribution in [1.82, 2.24) is 9.97 Å². The van der Waals surface area contributed by atoms with Gasteiger partial charge in [0.05, 0.1) is 12.2 Å². The van der Waals surface area contributed by atoms with Gasteiger partial charge in [-0.2, -0.15) is 13.2 Å². The molecule has 2 aromatic rings. The van der Waals surface area contributed by atoms with Crippen LogP contribution in [-0.2, 0) is 12.8 Å². The Hall–Kier alpha value is -1.80. The van der Waals surface area contributed by atoms with Crippen molar-refractivity contribution in [1.29, 1.82) is 0 Å². The van der Waals surface area contributed by atoms with E-state index in [2.05, 4.69) is 9.97 Å². The SMILES string of the molecule is O=c1ccnc(Sc2ccc(CO)cc2C(F)(F)F)[nH]1. The molecule has 0 aliphatic heterocycles. The standard InChI is InChI=1S/C12H9F3N2O2S/c13-12(14,15)8-5-7(6-18)1-2-9(8)20-11-16-4-3-10(19)17-11/h1-5,18H,6H2,(H,16,17,19). The van der Waals surface area contributed by atoms with Gasteiger partial charge in [0.15, 0.2) is 5.16 Å². The molecule has 1 heterocycles. The largest absolute Gasteiger partial charge is 0.417 e. The van der Waals surface area contributed by atoms with E-state index < -0.39 is 23.9 Å². The lowest BCUT2D eigenvalue weighted by Gasteiger charge is -2.13. The average Bonchev–Trinajstić information content (AvgIpc) is 2.38. The predicted molar refractivity (Wildman–Crippen MR) is 66.3 cm³/mol. The Labute approximate surface area is 115 Å². The molecule has 0 bridgehead atoms. The number of H-pyrrole nitrogens is 1. The Bertz CT molecular complexity index is 670. The van der Waals surface area contributed by atoms with Gasteiger partial charge < -0.3 is 10.1 Å². The number of aliphatic hydroxyl groups excluding tert-OH is 1. The van der Waals surface area contributed by atoms with Crippen LogP contribution >= 0.6 is 11.8 Å². The maximum Gasteiger partial charge on any atom is 0.417 e. The van der Waals surface area contributed by atoms with E-state index in [1.807, 2.05) is 0 Å². The van der Waals surface area contributed by atoms with Gasteiger partial charge in [0, 0.05) is 17.2 Å². The van der Waals surface area contributed by atoms with Gasteiger partial charge in [0.2, 0.25) is 0 Å². The van der Waals surface area contributed by atoms with Gasteiger partial charge in [-0.1, -0.05) is 17.8 Å². The smallest absolute Gasteiger partial charge is 0.392 e. The summed E-state index contributed by atoms with van der Waals surface area (Å²) in [5.41, 5.74) is -1.15. The number of benzene rings is 1. The highest BCUT2D eigenvalue weighted by Gasteiger charge is 2.34. The number of alkyl halides is 3. The first-order valence-electron chi connectivity index (χ1n) is 5.44. The topological polar surface area (TPSA) is 66.0 Å². The summed E-state index contributed by atoms with van der Waals surface area (Å²) < 4.78 is 38.9. The molecule has 4 nitrogen and oxygen atoms in total. The Morgan fingerprint density at radius 2 is 2.05 bits per heavy atom. The summed E-state index contributed by atoms with van der Waals surface area (Å²) in [6.07, 6.45) is -3.33. The van der Waals surface area contributed by atoms with Crippen molar-refractivity contribution < 1.29 is 18.3 Å². The van der Waals surface area contributed by atoms with Gasteiger partial charge in [0.1, 0.15) is 0 Å². The van der Waals surface area contributed by atoms with Gasteiger partial charge in [-0.05, 0) is 17.7 Å². The molecule has 8 heteroatoms. The molecule has 2 rings (SSSR count). The highest BCUT2D eigenvalue weighted by Crippen LogP contribution is 2.38. The number of halogens is 3. The first-order valence-corrected chi connectivity index (χ1v) is 6.26. The number of aromatic nitrogens is 2. The molecular formula is C12H9F3N2O2S. The maximum atomic E-state index is 13.0. The number of nitrogens with zero attached hydrogens (tertiary/aromatic N) is 1. The van der Waals surface area contributed by atoms with Crippen LogP contribution in [-0.4, -0.2) is 15.1 Å². The van der Waals surface area contributed by atoms with E-state index in [4.69, 9.17) is 5.11 Å². The number of hydrogen-bond acceptors (Lipinski definition) is 4. The summed E-state index contributed by atoms with van der Waals surface area (Å²) >= 11 is 0.706. The van der Waals surface area contributed by atoms with Crippen LogP contribution in [0.4, 0.5) is 13.2 Å². The Morgan fingerprint density at radius 1 is 1.30 bits per heavy atom. The van der Waals surface area contributed by atoms with E-state index in [1.54, 1.807) is 0 Å². The van der Waals surface area contributed by atoms with E-state index >= 15 is 0 Å². The van der Waals surface area contributed by atoms with Crippen molar-refractivity contribution in [3.05, 3.63) is 51.9 Å². The summed E-state index contributed by atoms with van der Waals surface area (Å²) in [6.45, 7) is -0.478. The second kappa shape index (κ2) is 5.68. The summed E-state index contributed by atoms with van der Waals surface area (Å²) in [4.78, 5) is 17.1. The fourth-order valence-electron chi connectivity index (χ4n) is 1.49. The van der Waals surface area contributed by atoms with Crippen LogP contribution in [0.25, 0.3) is 0 Å². The molecule has 0 aliphatic carbocycles. The lowest BCUT2D eigenvalue weighted by molar-refractivity contribution is -0.139. The summed E-state index contributed by atoms with van der Waals surface area (Å²) in [5, 5.41) is 8.98. The molecule has 0 radical (unpaired) electrons. The first kappa shape index (κ1) is 14.6. The third-order valence-corrected chi connectivity index (χ3v) is 3.36. The minimum atomic E-state index is -4.55. The van der Waals surface area contributed by atoms with Crippen LogP contribution in [0.3, 0.4) is 0 Å². The van der Waals surface area contributed by atoms with Gasteiger partial charge in [-0.25, -0.2) is 4.98 Å². The van der Waals surface area contributed by atoms with Crippen LogP contribution in [0.2, 0.25) is 0 Å². The Morgan fingerprint density at radius 3 is 2.65 bits per heavy atom. The Balaban J connectivity index is 2.43. The molecule has 106 valence electrons. The van der Waals surface area contributed by atoms with Crippen molar-refractivity contribution in [2.75, 3.05) is 0 Å². The van der Waals surface area contributed by atoms with Crippen molar-refractivity contribution in [3.63, 3.8) is 0 Å². The van der Waals surface area contributed by atoms with E-state index in [0.717, 1.165) is 6.07 Å². The lowest BCUT2D eigenvalue weighted by atomic mass is 10.1. The molecular weight excluding hydrogens is 293 g/mol. The summed E-state index contributed by atoms with van der Waals surface area (Å²) in [5.74, 6) is 0. The van der Waals surface area contributed by atoms with Crippen LogP contribution in [0.5, 0.6) is 0 Å². The van der Waals surface area contributed by atoms with Gasteiger partial charge >= 0.3 is 6.18 Å². The van der Waals surface area contributed by atoms with Gasteiger partial charge in [-0.3, -0.25) is 4.79 Å². The number of aromatic amines is 1. The first-order chi connectivity index (χ1) is 9.40. The normalized spacial score (nSPS) is 11.6. The van der Waals surface area contributed by atoms with E-state index in [1.165, 1.54) is 24.4 Å². The summed E-state index contributed by atoms with van der Waals surface area (Å²) in [7, 11) is 0. The molecule has 0 saturated carbocycles. The molecule has 2 N–H and O–H groups in total. The molecule has 0 spiro atoms. The molecule has 0 aliphatic rings. The molecule has 0 atom stereocenters. The second-order valence-corrected chi connectivity index (χ2v) is 4.86. The number of hydrogen-bond donors (Lipinski definition) is 2. The van der Waals surface area contributed by atoms with E-state index in [-0.39, 0.29) is 15.6 Å². The Kier molecular flexibility index (Phi) is 4.15. The molecule has 1 aromatic carbocycles. The molecule has 1 aromatic heterocycles. The van der Waals surface area contributed by atoms with Gasteiger partial charge in [0.25, 0.3) is 5.56 Å². The summed E-state index contributed by atoms with van der Waals surface area (Å²) in [6, 6.07) is 4.68. The van der Waals surface area contributed by atoms with E-state index in [0.29, 0.717) is 11.8 Å². The molecule has 0 amide bonds. The van der Waals surface area contributed by atoms with Gasteiger partial charge in [-0.15, -0.1) is 0 Å². The zero-order chi connectivity index (χ0) is 14.8. The molecule has 0 unspecified atom stereocenters. The number of rotatable bonds is 3. The average molecular weight is 302 g/mol. The zero-order valence-corrected chi connectivity index (χ0v) is 10.8. The molecule has 0 saturated heterocycles. The quantitative estimate of drug-likeness (QED) is 0.855.